The normalized spacial score (nSPS) is 20.3. The van der Waals surface area contributed by atoms with Crippen molar-refractivity contribution in [3.05, 3.63) is 0 Å². The SMILES string of the molecule is CCSC1CCCCN(C(=O)CNC(=O)CN)C1. The van der Waals surface area contributed by atoms with Crippen LogP contribution in [0.25, 0.3) is 0 Å². The van der Waals surface area contributed by atoms with Crippen molar-refractivity contribution in [2.24, 2.45) is 5.73 Å². The summed E-state index contributed by atoms with van der Waals surface area (Å²) in [6, 6.07) is 0. The summed E-state index contributed by atoms with van der Waals surface area (Å²) < 4.78 is 0. The molecule has 1 atom stereocenters. The third-order valence-electron chi connectivity index (χ3n) is 3.01. The van der Waals surface area contributed by atoms with E-state index in [9.17, 15) is 9.59 Å². The van der Waals surface area contributed by atoms with E-state index >= 15 is 0 Å². The topological polar surface area (TPSA) is 75.4 Å². The minimum atomic E-state index is -0.280. The highest BCUT2D eigenvalue weighted by Gasteiger charge is 2.21. The number of amides is 2. The van der Waals surface area contributed by atoms with E-state index in [1.165, 1.54) is 12.8 Å². The Hall–Kier alpha value is -0.750. The summed E-state index contributed by atoms with van der Waals surface area (Å²) in [6.07, 6.45) is 3.41. The van der Waals surface area contributed by atoms with Crippen LogP contribution in [-0.4, -0.2) is 53.9 Å². The van der Waals surface area contributed by atoms with Gasteiger partial charge in [0.25, 0.3) is 0 Å². The molecule has 1 fully saturated rings. The molecule has 1 aliphatic heterocycles. The van der Waals surface area contributed by atoms with Crippen LogP contribution in [0.1, 0.15) is 26.2 Å². The van der Waals surface area contributed by atoms with Gasteiger partial charge in [0.1, 0.15) is 0 Å². The van der Waals surface area contributed by atoms with Crippen LogP contribution in [0.3, 0.4) is 0 Å². The molecule has 0 aromatic heterocycles. The fourth-order valence-corrected chi connectivity index (χ4v) is 3.15. The summed E-state index contributed by atoms with van der Waals surface area (Å²) in [5.41, 5.74) is 5.18. The molecule has 0 radical (unpaired) electrons. The van der Waals surface area contributed by atoms with Gasteiger partial charge in [-0.1, -0.05) is 13.3 Å². The largest absolute Gasteiger partial charge is 0.346 e. The number of nitrogens with two attached hydrogens (primary N) is 1. The average Bonchev–Trinajstić information content (AvgIpc) is 2.61. The third kappa shape index (κ3) is 5.27. The molecule has 0 bridgehead atoms. The Bertz CT molecular complexity index is 286. The van der Waals surface area contributed by atoms with Gasteiger partial charge in [-0.2, -0.15) is 11.8 Å². The van der Waals surface area contributed by atoms with E-state index in [2.05, 4.69) is 12.2 Å². The Balaban J connectivity index is 2.42. The van der Waals surface area contributed by atoms with Crippen LogP contribution in [0.4, 0.5) is 0 Å². The van der Waals surface area contributed by atoms with Gasteiger partial charge in [-0.3, -0.25) is 9.59 Å². The van der Waals surface area contributed by atoms with Gasteiger partial charge in [-0.05, 0) is 18.6 Å². The first kappa shape index (κ1) is 15.3. The second-order valence-electron chi connectivity index (χ2n) is 4.39. The second-order valence-corrected chi connectivity index (χ2v) is 5.97. The van der Waals surface area contributed by atoms with Crippen LogP contribution in [0.15, 0.2) is 0 Å². The number of hydrogen-bond donors (Lipinski definition) is 2. The number of hydrogen-bond acceptors (Lipinski definition) is 4. The maximum atomic E-state index is 12.0. The molecule has 18 heavy (non-hydrogen) atoms. The van der Waals surface area contributed by atoms with Gasteiger partial charge in [0.15, 0.2) is 0 Å². The summed E-state index contributed by atoms with van der Waals surface area (Å²) in [5, 5.41) is 3.07. The van der Waals surface area contributed by atoms with Crippen molar-refractivity contribution in [3.63, 3.8) is 0 Å². The van der Waals surface area contributed by atoms with Crippen LogP contribution in [-0.2, 0) is 9.59 Å². The molecule has 0 aromatic rings. The monoisotopic (exact) mass is 273 g/mol. The maximum absolute atomic E-state index is 12.0. The number of nitrogens with zero attached hydrogens (tertiary/aromatic N) is 1. The zero-order valence-corrected chi connectivity index (χ0v) is 11.8. The highest BCUT2D eigenvalue weighted by molar-refractivity contribution is 7.99. The summed E-state index contributed by atoms with van der Waals surface area (Å²) in [4.78, 5) is 24.9. The zero-order chi connectivity index (χ0) is 13.4. The number of carbonyl (C=O) groups excluding carboxylic acids is 2. The zero-order valence-electron chi connectivity index (χ0n) is 11.0. The van der Waals surface area contributed by atoms with Gasteiger partial charge in [0.05, 0.1) is 13.1 Å². The molecule has 1 rings (SSSR count). The summed E-state index contributed by atoms with van der Waals surface area (Å²) in [6.45, 7) is 3.75. The summed E-state index contributed by atoms with van der Waals surface area (Å²) >= 11 is 1.91. The Kier molecular flexibility index (Phi) is 7.12. The number of likely N-dealkylation sites (tertiary alicyclic amines) is 1. The van der Waals surface area contributed by atoms with E-state index in [4.69, 9.17) is 5.73 Å². The molecule has 1 unspecified atom stereocenters. The van der Waals surface area contributed by atoms with Crippen molar-refractivity contribution < 1.29 is 9.59 Å². The van der Waals surface area contributed by atoms with Crippen molar-refractivity contribution in [3.8, 4) is 0 Å². The van der Waals surface area contributed by atoms with E-state index in [-0.39, 0.29) is 24.9 Å². The van der Waals surface area contributed by atoms with Gasteiger partial charge in [-0.25, -0.2) is 0 Å². The molecule has 104 valence electrons. The molecule has 0 aliphatic carbocycles. The molecule has 1 aliphatic rings. The van der Waals surface area contributed by atoms with E-state index in [1.54, 1.807) is 0 Å². The van der Waals surface area contributed by atoms with Crippen LogP contribution in [0, 0.1) is 0 Å². The average molecular weight is 273 g/mol. The van der Waals surface area contributed by atoms with Crippen molar-refractivity contribution >= 4 is 23.6 Å². The van der Waals surface area contributed by atoms with Gasteiger partial charge in [0, 0.05) is 18.3 Å². The van der Waals surface area contributed by atoms with Gasteiger partial charge in [0.2, 0.25) is 11.8 Å². The Morgan fingerprint density at radius 2 is 2.22 bits per heavy atom. The highest BCUT2D eigenvalue weighted by atomic mass is 32.2. The predicted octanol–water partition coefficient (Wildman–Crippen LogP) is 0.196. The van der Waals surface area contributed by atoms with Crippen molar-refractivity contribution in [2.45, 2.75) is 31.4 Å². The van der Waals surface area contributed by atoms with Crippen molar-refractivity contribution in [2.75, 3.05) is 31.9 Å². The first-order chi connectivity index (χ1) is 8.67. The first-order valence-corrected chi connectivity index (χ1v) is 7.58. The number of nitrogens with one attached hydrogen (secondary N) is 1. The van der Waals surface area contributed by atoms with Gasteiger partial charge < -0.3 is 16.0 Å². The fraction of sp³-hybridized carbons (Fsp3) is 0.833. The molecule has 5 nitrogen and oxygen atoms in total. The smallest absolute Gasteiger partial charge is 0.242 e. The second kappa shape index (κ2) is 8.37. The van der Waals surface area contributed by atoms with Crippen LogP contribution in [0.2, 0.25) is 0 Å². The minimum absolute atomic E-state index is 0.000373. The van der Waals surface area contributed by atoms with Crippen LogP contribution < -0.4 is 11.1 Å². The number of rotatable bonds is 5. The van der Waals surface area contributed by atoms with E-state index in [1.807, 2.05) is 16.7 Å². The maximum Gasteiger partial charge on any atom is 0.242 e. The van der Waals surface area contributed by atoms with E-state index < -0.39 is 0 Å². The first-order valence-electron chi connectivity index (χ1n) is 6.53. The molecule has 0 saturated carbocycles. The summed E-state index contributed by atoms with van der Waals surface area (Å²) in [7, 11) is 0. The van der Waals surface area contributed by atoms with E-state index in [0.717, 1.165) is 25.3 Å². The van der Waals surface area contributed by atoms with Crippen LogP contribution in [0.5, 0.6) is 0 Å². The molecular formula is C12H23N3O2S. The molecule has 6 heteroatoms. The Labute approximate surface area is 113 Å². The lowest BCUT2D eigenvalue weighted by molar-refractivity contribution is -0.132. The van der Waals surface area contributed by atoms with Crippen molar-refractivity contribution in [1.29, 1.82) is 0 Å². The molecule has 0 aromatic carbocycles. The predicted molar refractivity (Wildman–Crippen MR) is 74.4 cm³/mol. The number of carbonyl (C=O) groups is 2. The molecule has 1 heterocycles. The fourth-order valence-electron chi connectivity index (χ4n) is 2.06. The summed E-state index contributed by atoms with van der Waals surface area (Å²) in [5.74, 6) is 0.800. The lowest BCUT2D eigenvalue weighted by Crippen LogP contribution is -2.43. The standard InChI is InChI=1S/C12H23N3O2S/c1-2-18-10-5-3-4-6-15(9-10)12(17)8-14-11(16)7-13/h10H,2-9,13H2,1H3,(H,14,16). The minimum Gasteiger partial charge on any atom is -0.346 e. The lowest BCUT2D eigenvalue weighted by Gasteiger charge is -2.24. The Morgan fingerprint density at radius 3 is 2.89 bits per heavy atom. The van der Waals surface area contributed by atoms with E-state index in [0.29, 0.717) is 5.25 Å². The van der Waals surface area contributed by atoms with Crippen LogP contribution >= 0.6 is 11.8 Å². The van der Waals surface area contributed by atoms with Gasteiger partial charge in [-0.15, -0.1) is 0 Å². The molecular weight excluding hydrogens is 250 g/mol. The van der Waals surface area contributed by atoms with Gasteiger partial charge >= 0.3 is 0 Å². The van der Waals surface area contributed by atoms with Crippen molar-refractivity contribution in [1.82, 2.24) is 10.2 Å². The molecule has 0 spiro atoms. The lowest BCUT2D eigenvalue weighted by atomic mass is 10.2. The molecule has 2 amide bonds. The molecule has 3 N–H and O–H groups in total. The quantitative estimate of drug-likeness (QED) is 0.750. The highest BCUT2D eigenvalue weighted by Crippen LogP contribution is 2.21. The third-order valence-corrected chi connectivity index (χ3v) is 4.19. The Morgan fingerprint density at radius 1 is 1.44 bits per heavy atom. The number of thioether (sulfide) groups is 1. The molecule has 1 saturated heterocycles.